The lowest BCUT2D eigenvalue weighted by Gasteiger charge is -2.17. The Hall–Kier alpha value is -1.02. The Morgan fingerprint density at radius 1 is 1.29 bits per heavy atom. The van der Waals surface area contributed by atoms with Crippen molar-refractivity contribution in [1.29, 1.82) is 0 Å². The van der Waals surface area contributed by atoms with Crippen LogP contribution in [0.4, 0.5) is 0 Å². The van der Waals surface area contributed by atoms with Gasteiger partial charge in [-0.05, 0) is 43.0 Å². The first-order valence-corrected chi connectivity index (χ1v) is 6.65. The lowest BCUT2D eigenvalue weighted by atomic mass is 10.0. The monoisotopic (exact) mass is 233 g/mol. The standard InChI is InChI=1S/C15H23NO/c1-11(2)12(3)16-8-6-13-4-5-15-14(10-13)7-9-17-15/h4-5,10-12,16H,6-9H2,1-3H3. The molecule has 0 fully saturated rings. The molecule has 1 aliphatic heterocycles. The first-order chi connectivity index (χ1) is 8.16. The van der Waals surface area contributed by atoms with Crippen LogP contribution in [0.15, 0.2) is 18.2 Å². The predicted octanol–water partition coefficient (Wildman–Crippen LogP) is 2.80. The summed E-state index contributed by atoms with van der Waals surface area (Å²) in [5.41, 5.74) is 2.79. The van der Waals surface area contributed by atoms with Crippen LogP contribution in [0, 0.1) is 5.92 Å². The van der Waals surface area contributed by atoms with Crippen LogP contribution in [0.2, 0.25) is 0 Å². The van der Waals surface area contributed by atoms with E-state index in [9.17, 15) is 0 Å². The molecule has 1 unspecified atom stereocenters. The van der Waals surface area contributed by atoms with Gasteiger partial charge in [-0.25, -0.2) is 0 Å². The van der Waals surface area contributed by atoms with E-state index in [1.807, 2.05) is 0 Å². The maximum atomic E-state index is 5.51. The molecule has 0 aromatic heterocycles. The van der Waals surface area contributed by atoms with Crippen molar-refractivity contribution in [2.45, 2.75) is 39.7 Å². The van der Waals surface area contributed by atoms with Crippen molar-refractivity contribution in [3.8, 4) is 5.75 Å². The van der Waals surface area contributed by atoms with E-state index in [1.54, 1.807) is 0 Å². The van der Waals surface area contributed by atoms with Crippen molar-refractivity contribution < 1.29 is 4.74 Å². The molecule has 0 aliphatic carbocycles. The molecule has 0 saturated carbocycles. The van der Waals surface area contributed by atoms with Crippen molar-refractivity contribution in [1.82, 2.24) is 5.32 Å². The van der Waals surface area contributed by atoms with Crippen LogP contribution >= 0.6 is 0 Å². The lowest BCUT2D eigenvalue weighted by molar-refractivity contribution is 0.357. The van der Waals surface area contributed by atoms with Crippen molar-refractivity contribution in [3.63, 3.8) is 0 Å². The average molecular weight is 233 g/mol. The zero-order valence-electron chi connectivity index (χ0n) is 11.1. The second-order valence-corrected chi connectivity index (χ2v) is 5.28. The van der Waals surface area contributed by atoms with Crippen LogP contribution in [0.1, 0.15) is 31.9 Å². The first kappa shape index (κ1) is 12.4. The Kier molecular flexibility index (Phi) is 4.06. The van der Waals surface area contributed by atoms with Crippen molar-refractivity contribution in [2.24, 2.45) is 5.92 Å². The second kappa shape index (κ2) is 5.54. The van der Waals surface area contributed by atoms with E-state index >= 15 is 0 Å². The number of hydrogen-bond donors (Lipinski definition) is 1. The fraction of sp³-hybridized carbons (Fsp3) is 0.600. The number of fused-ring (bicyclic) bond motifs is 1. The van der Waals surface area contributed by atoms with E-state index in [1.165, 1.54) is 11.1 Å². The molecule has 1 atom stereocenters. The summed E-state index contributed by atoms with van der Waals surface area (Å²) in [6.45, 7) is 8.66. The molecular formula is C15H23NO. The second-order valence-electron chi connectivity index (χ2n) is 5.28. The zero-order valence-corrected chi connectivity index (χ0v) is 11.1. The van der Waals surface area contributed by atoms with Gasteiger partial charge in [0.25, 0.3) is 0 Å². The first-order valence-electron chi connectivity index (χ1n) is 6.65. The maximum absolute atomic E-state index is 5.51. The van der Waals surface area contributed by atoms with Gasteiger partial charge in [0, 0.05) is 12.5 Å². The molecule has 1 heterocycles. The summed E-state index contributed by atoms with van der Waals surface area (Å²) in [6.07, 6.45) is 2.17. The van der Waals surface area contributed by atoms with Gasteiger partial charge in [-0.15, -0.1) is 0 Å². The fourth-order valence-electron chi connectivity index (χ4n) is 2.08. The molecular weight excluding hydrogens is 210 g/mol. The summed E-state index contributed by atoms with van der Waals surface area (Å²) in [7, 11) is 0. The van der Waals surface area contributed by atoms with Gasteiger partial charge in [-0.2, -0.15) is 0 Å². The summed E-state index contributed by atoms with van der Waals surface area (Å²) in [5, 5.41) is 3.57. The summed E-state index contributed by atoms with van der Waals surface area (Å²) in [6, 6.07) is 7.19. The molecule has 17 heavy (non-hydrogen) atoms. The summed E-state index contributed by atoms with van der Waals surface area (Å²) in [4.78, 5) is 0. The van der Waals surface area contributed by atoms with Crippen LogP contribution in [0.25, 0.3) is 0 Å². The highest BCUT2D eigenvalue weighted by Crippen LogP contribution is 2.25. The number of nitrogens with one attached hydrogen (secondary N) is 1. The minimum absolute atomic E-state index is 0.591. The molecule has 0 saturated heterocycles. The molecule has 2 heteroatoms. The summed E-state index contributed by atoms with van der Waals surface area (Å²) in [5.74, 6) is 1.78. The van der Waals surface area contributed by atoms with Gasteiger partial charge in [0.15, 0.2) is 0 Å². The van der Waals surface area contributed by atoms with Crippen LogP contribution in [-0.4, -0.2) is 19.2 Å². The normalized spacial score (nSPS) is 15.8. The van der Waals surface area contributed by atoms with Crippen LogP contribution < -0.4 is 10.1 Å². The molecule has 0 radical (unpaired) electrons. The molecule has 1 N–H and O–H groups in total. The Morgan fingerprint density at radius 3 is 2.88 bits per heavy atom. The van der Waals surface area contributed by atoms with Gasteiger partial charge in [0.2, 0.25) is 0 Å². The van der Waals surface area contributed by atoms with E-state index in [2.05, 4.69) is 44.3 Å². The Morgan fingerprint density at radius 2 is 2.12 bits per heavy atom. The van der Waals surface area contributed by atoms with E-state index in [0.29, 0.717) is 12.0 Å². The van der Waals surface area contributed by atoms with E-state index in [-0.39, 0.29) is 0 Å². The molecule has 0 spiro atoms. The highest BCUT2D eigenvalue weighted by Gasteiger charge is 2.12. The third kappa shape index (κ3) is 3.22. The molecule has 2 nitrogen and oxygen atoms in total. The third-order valence-corrected chi connectivity index (χ3v) is 3.63. The van der Waals surface area contributed by atoms with Crippen molar-refractivity contribution in [2.75, 3.05) is 13.2 Å². The number of rotatable bonds is 5. The van der Waals surface area contributed by atoms with Gasteiger partial charge >= 0.3 is 0 Å². The Labute approximate surface area is 104 Å². The highest BCUT2D eigenvalue weighted by molar-refractivity contribution is 5.39. The number of benzene rings is 1. The van der Waals surface area contributed by atoms with Gasteiger partial charge < -0.3 is 10.1 Å². The molecule has 0 amide bonds. The minimum Gasteiger partial charge on any atom is -0.493 e. The van der Waals surface area contributed by atoms with Gasteiger partial charge in [-0.1, -0.05) is 26.0 Å². The summed E-state index contributed by atoms with van der Waals surface area (Å²) >= 11 is 0. The van der Waals surface area contributed by atoms with Crippen LogP contribution in [0.5, 0.6) is 5.75 Å². The van der Waals surface area contributed by atoms with E-state index in [0.717, 1.165) is 31.7 Å². The Bertz CT molecular complexity index is 373. The number of hydrogen-bond acceptors (Lipinski definition) is 2. The maximum Gasteiger partial charge on any atom is 0.122 e. The Balaban J connectivity index is 1.83. The average Bonchev–Trinajstić information content (AvgIpc) is 2.75. The van der Waals surface area contributed by atoms with Crippen LogP contribution in [-0.2, 0) is 12.8 Å². The van der Waals surface area contributed by atoms with Gasteiger partial charge in [0.05, 0.1) is 6.61 Å². The minimum atomic E-state index is 0.591. The predicted molar refractivity (Wildman–Crippen MR) is 71.6 cm³/mol. The quantitative estimate of drug-likeness (QED) is 0.844. The van der Waals surface area contributed by atoms with E-state index < -0.39 is 0 Å². The van der Waals surface area contributed by atoms with Crippen LogP contribution in [0.3, 0.4) is 0 Å². The molecule has 0 bridgehead atoms. The lowest BCUT2D eigenvalue weighted by Crippen LogP contribution is -2.32. The zero-order chi connectivity index (χ0) is 12.3. The van der Waals surface area contributed by atoms with Gasteiger partial charge in [0.1, 0.15) is 5.75 Å². The van der Waals surface area contributed by atoms with E-state index in [4.69, 9.17) is 4.74 Å². The molecule has 1 aromatic rings. The smallest absolute Gasteiger partial charge is 0.122 e. The molecule has 1 aliphatic rings. The fourth-order valence-corrected chi connectivity index (χ4v) is 2.08. The highest BCUT2D eigenvalue weighted by atomic mass is 16.5. The largest absolute Gasteiger partial charge is 0.493 e. The molecule has 1 aromatic carbocycles. The SMILES string of the molecule is CC(C)C(C)NCCc1ccc2c(c1)CCO2. The van der Waals surface area contributed by atoms with Crippen molar-refractivity contribution >= 4 is 0 Å². The summed E-state index contributed by atoms with van der Waals surface area (Å²) < 4.78 is 5.51. The van der Waals surface area contributed by atoms with Crippen molar-refractivity contribution in [3.05, 3.63) is 29.3 Å². The third-order valence-electron chi connectivity index (χ3n) is 3.63. The molecule has 2 rings (SSSR count). The van der Waals surface area contributed by atoms with Gasteiger partial charge in [-0.3, -0.25) is 0 Å². The number of ether oxygens (including phenoxy) is 1. The topological polar surface area (TPSA) is 21.3 Å². The molecule has 94 valence electrons.